The number of hydrogen-bond donors (Lipinski definition) is 0. The molecule has 3 rings (SSSR count). The van der Waals surface area contributed by atoms with Gasteiger partial charge < -0.3 is 4.74 Å². The molecule has 0 amide bonds. The van der Waals surface area contributed by atoms with Crippen molar-refractivity contribution in [2.75, 3.05) is 0 Å². The van der Waals surface area contributed by atoms with E-state index in [2.05, 4.69) is 19.1 Å². The van der Waals surface area contributed by atoms with Gasteiger partial charge in [0.05, 0.1) is 0 Å². The predicted molar refractivity (Wildman–Crippen MR) is 111 cm³/mol. The highest BCUT2D eigenvalue weighted by molar-refractivity contribution is 5.33. The number of ether oxygens (including phenoxy) is 1. The first-order chi connectivity index (χ1) is 14.8. The van der Waals surface area contributed by atoms with Crippen LogP contribution in [0, 0.1) is 17.6 Å². The lowest BCUT2D eigenvalue weighted by Crippen LogP contribution is -2.13. The van der Waals surface area contributed by atoms with E-state index in [0.29, 0.717) is 18.1 Å². The van der Waals surface area contributed by atoms with Gasteiger partial charge in [0.15, 0.2) is 0 Å². The summed E-state index contributed by atoms with van der Waals surface area (Å²) in [6.07, 6.45) is 5.07. The van der Waals surface area contributed by atoms with Crippen molar-refractivity contribution >= 4 is 0 Å². The normalized spacial score (nSPS) is 19.4. The number of unbranched alkanes of at least 4 members (excludes halogenated alkanes) is 2. The second-order valence-corrected chi connectivity index (χ2v) is 8.50. The molecule has 1 fully saturated rings. The molecule has 1 aliphatic rings. The summed E-state index contributed by atoms with van der Waals surface area (Å²) in [5.74, 6) is -2.23. The fourth-order valence-corrected chi connectivity index (χ4v) is 4.42. The molecule has 0 unspecified atom stereocenters. The molecule has 0 atom stereocenters. The van der Waals surface area contributed by atoms with Crippen LogP contribution >= 0.6 is 0 Å². The average molecular weight is 440 g/mol. The highest BCUT2D eigenvalue weighted by atomic mass is 19.4. The number of rotatable bonds is 8. The lowest BCUT2D eigenvalue weighted by Gasteiger charge is -2.29. The van der Waals surface area contributed by atoms with Crippen molar-refractivity contribution in [3.63, 3.8) is 0 Å². The van der Waals surface area contributed by atoms with Crippen LogP contribution in [-0.4, -0.2) is 0 Å². The molecule has 2 aromatic rings. The Bertz CT molecular complexity index is 813. The number of benzene rings is 2. The Morgan fingerprint density at radius 1 is 0.903 bits per heavy atom. The molecule has 0 radical (unpaired) electrons. The lowest BCUT2D eigenvalue weighted by atomic mass is 9.77. The molecule has 0 saturated heterocycles. The Balaban J connectivity index is 1.53. The van der Waals surface area contributed by atoms with Crippen LogP contribution in [0.3, 0.4) is 0 Å². The maximum atomic E-state index is 13.7. The summed E-state index contributed by atoms with van der Waals surface area (Å²) in [4.78, 5) is 0. The van der Waals surface area contributed by atoms with Gasteiger partial charge in [-0.2, -0.15) is 13.2 Å². The van der Waals surface area contributed by atoms with Gasteiger partial charge in [-0.1, -0.05) is 56.9 Å². The van der Waals surface area contributed by atoms with Gasteiger partial charge in [0.25, 0.3) is 0 Å². The largest absolute Gasteiger partial charge is 0.489 e. The number of alkyl halides is 3. The van der Waals surface area contributed by atoms with Gasteiger partial charge in [0, 0.05) is 12.1 Å². The highest BCUT2D eigenvalue weighted by Gasteiger charge is 2.38. The Hall–Kier alpha value is -2.11. The monoisotopic (exact) mass is 440 g/mol. The Morgan fingerprint density at radius 2 is 1.52 bits per heavy atom. The summed E-state index contributed by atoms with van der Waals surface area (Å²) in [7, 11) is 0. The molecule has 170 valence electrons. The second-order valence-electron chi connectivity index (χ2n) is 8.50. The van der Waals surface area contributed by atoms with E-state index >= 15 is 0 Å². The van der Waals surface area contributed by atoms with Gasteiger partial charge in [-0.25, -0.2) is 8.78 Å². The summed E-state index contributed by atoms with van der Waals surface area (Å²) in [6, 6.07) is 9.04. The number of hydrogen-bond acceptors (Lipinski definition) is 1. The van der Waals surface area contributed by atoms with E-state index in [0.717, 1.165) is 11.5 Å². The van der Waals surface area contributed by atoms with Crippen molar-refractivity contribution in [3.05, 3.63) is 64.7 Å². The molecule has 0 heterocycles. The fraction of sp³-hybridized carbons (Fsp3) is 0.520. The molecule has 0 aromatic heterocycles. The van der Waals surface area contributed by atoms with E-state index in [1.54, 1.807) is 0 Å². The molecule has 1 saturated carbocycles. The van der Waals surface area contributed by atoms with E-state index in [9.17, 15) is 22.0 Å². The highest BCUT2D eigenvalue weighted by Crippen LogP contribution is 2.38. The van der Waals surface area contributed by atoms with Crippen molar-refractivity contribution in [2.24, 2.45) is 5.92 Å². The van der Waals surface area contributed by atoms with Crippen LogP contribution in [0.1, 0.15) is 80.9 Å². The van der Waals surface area contributed by atoms with Crippen molar-refractivity contribution in [3.8, 4) is 5.75 Å². The Labute approximate surface area is 180 Å². The molecule has 31 heavy (non-hydrogen) atoms. The predicted octanol–water partition coefficient (Wildman–Crippen LogP) is 8.42. The van der Waals surface area contributed by atoms with Gasteiger partial charge in [-0.15, -0.1) is 0 Å². The van der Waals surface area contributed by atoms with Crippen LogP contribution in [0.4, 0.5) is 22.0 Å². The molecule has 6 heteroatoms. The lowest BCUT2D eigenvalue weighted by molar-refractivity contribution is -0.142. The summed E-state index contributed by atoms with van der Waals surface area (Å²) >= 11 is 0. The molecule has 0 spiro atoms. The van der Waals surface area contributed by atoms with Crippen LogP contribution in [0.25, 0.3) is 0 Å². The zero-order chi connectivity index (χ0) is 22.4. The number of halogens is 5. The van der Waals surface area contributed by atoms with Crippen molar-refractivity contribution in [2.45, 2.75) is 77.0 Å². The molecule has 2 aromatic carbocycles. The van der Waals surface area contributed by atoms with Crippen LogP contribution in [-0.2, 0) is 12.8 Å². The second kappa shape index (κ2) is 10.5. The van der Waals surface area contributed by atoms with Gasteiger partial charge in [0.2, 0.25) is 0 Å². The van der Waals surface area contributed by atoms with Gasteiger partial charge >= 0.3 is 6.18 Å². The molecule has 1 aliphatic carbocycles. The third-order valence-corrected chi connectivity index (χ3v) is 6.22. The first-order valence-electron chi connectivity index (χ1n) is 11.1. The summed E-state index contributed by atoms with van der Waals surface area (Å²) < 4.78 is 70.6. The van der Waals surface area contributed by atoms with Crippen molar-refractivity contribution < 1.29 is 26.7 Å². The SMILES string of the molecule is CCCCCC1CCC(c2ccc(COc3cc(F)c(C(F)(F)F)c(F)c3)cc2)CC1. The van der Waals surface area contributed by atoms with Crippen molar-refractivity contribution in [1.29, 1.82) is 0 Å². The van der Waals surface area contributed by atoms with E-state index < -0.39 is 23.4 Å². The maximum Gasteiger partial charge on any atom is 0.422 e. The molecule has 0 bridgehead atoms. The minimum Gasteiger partial charge on any atom is -0.489 e. The smallest absolute Gasteiger partial charge is 0.422 e. The topological polar surface area (TPSA) is 9.23 Å². The molecule has 1 nitrogen and oxygen atoms in total. The third kappa shape index (κ3) is 6.44. The summed E-state index contributed by atoms with van der Waals surface area (Å²) in [5.41, 5.74) is 0.171. The first-order valence-corrected chi connectivity index (χ1v) is 11.1. The Morgan fingerprint density at radius 3 is 2.06 bits per heavy atom. The molecule has 0 aliphatic heterocycles. The summed E-state index contributed by atoms with van der Waals surface area (Å²) in [5, 5.41) is 0. The minimum atomic E-state index is -5.09. The van der Waals surface area contributed by atoms with Gasteiger partial charge in [0.1, 0.15) is 29.6 Å². The van der Waals surface area contributed by atoms with Gasteiger partial charge in [-0.3, -0.25) is 0 Å². The average Bonchev–Trinajstić information content (AvgIpc) is 2.72. The fourth-order valence-electron chi connectivity index (χ4n) is 4.42. The quantitative estimate of drug-likeness (QED) is 0.296. The minimum absolute atomic E-state index is 0.0225. The van der Waals surface area contributed by atoms with Crippen LogP contribution < -0.4 is 4.74 Å². The van der Waals surface area contributed by atoms with E-state index in [-0.39, 0.29) is 12.4 Å². The van der Waals surface area contributed by atoms with Crippen LogP contribution in [0.2, 0.25) is 0 Å². The first kappa shape index (κ1) is 23.6. The van der Waals surface area contributed by atoms with Crippen LogP contribution in [0.5, 0.6) is 5.75 Å². The van der Waals surface area contributed by atoms with Crippen LogP contribution in [0.15, 0.2) is 36.4 Å². The Kier molecular flexibility index (Phi) is 7.95. The zero-order valence-corrected chi connectivity index (χ0v) is 17.8. The summed E-state index contributed by atoms with van der Waals surface area (Å²) in [6.45, 7) is 2.25. The third-order valence-electron chi connectivity index (χ3n) is 6.22. The molecular weight excluding hydrogens is 411 g/mol. The van der Waals surface area contributed by atoms with Gasteiger partial charge in [-0.05, 0) is 48.6 Å². The van der Waals surface area contributed by atoms with E-state index in [4.69, 9.17) is 4.74 Å². The van der Waals surface area contributed by atoms with E-state index in [1.807, 2.05) is 12.1 Å². The standard InChI is InChI=1S/C25H29F5O/c1-2-3-4-5-17-6-10-19(11-7-17)20-12-8-18(9-13-20)16-31-21-14-22(26)24(23(27)15-21)25(28,29)30/h8-9,12-15,17,19H,2-7,10-11,16H2,1H3. The maximum absolute atomic E-state index is 13.7. The molecule has 0 N–H and O–H groups in total. The van der Waals surface area contributed by atoms with E-state index in [1.165, 1.54) is 56.9 Å². The van der Waals surface area contributed by atoms with Crippen molar-refractivity contribution in [1.82, 2.24) is 0 Å². The molecular formula is C25H29F5O. The zero-order valence-electron chi connectivity index (χ0n) is 17.8.